The molecule has 1 aliphatic carbocycles. The van der Waals surface area contributed by atoms with E-state index in [-0.39, 0.29) is 12.0 Å². The van der Waals surface area contributed by atoms with Gasteiger partial charge in [0.15, 0.2) is 0 Å². The second-order valence-electron chi connectivity index (χ2n) is 5.89. The largest absolute Gasteiger partial charge is 0.397 e. The lowest BCUT2D eigenvalue weighted by Gasteiger charge is -2.29. The van der Waals surface area contributed by atoms with Gasteiger partial charge in [-0.15, -0.1) is 0 Å². The predicted molar refractivity (Wildman–Crippen MR) is 86.5 cm³/mol. The highest BCUT2D eigenvalue weighted by atomic mass is 35.5. The Morgan fingerprint density at radius 3 is 2.95 bits per heavy atom. The molecule has 3 N–H and O–H groups in total. The number of ether oxygens (including phenoxy) is 1. The minimum atomic E-state index is -0.501. The van der Waals surface area contributed by atoms with Crippen molar-refractivity contribution < 1.29 is 9.53 Å². The van der Waals surface area contributed by atoms with Gasteiger partial charge in [-0.1, -0.05) is 31.4 Å². The van der Waals surface area contributed by atoms with E-state index in [1.807, 2.05) is 0 Å². The van der Waals surface area contributed by atoms with Crippen LogP contribution in [0.5, 0.6) is 0 Å². The van der Waals surface area contributed by atoms with Crippen LogP contribution < -0.4 is 11.1 Å². The number of carbonyl (C=O) groups is 1. The number of anilines is 2. The van der Waals surface area contributed by atoms with Crippen molar-refractivity contribution in [1.29, 1.82) is 0 Å². The van der Waals surface area contributed by atoms with Crippen molar-refractivity contribution in [3.05, 3.63) is 23.2 Å². The van der Waals surface area contributed by atoms with E-state index in [1.165, 1.54) is 12.8 Å². The molecule has 5 heteroatoms. The number of rotatable bonds is 4. The fourth-order valence-electron chi connectivity index (χ4n) is 2.72. The molecule has 0 heterocycles. The summed E-state index contributed by atoms with van der Waals surface area (Å²) in [5.41, 5.74) is 6.85. The Hall–Kier alpha value is -1.26. The number of carbonyl (C=O) groups excluding carboxylic acids is 1. The molecule has 0 saturated heterocycles. The Labute approximate surface area is 131 Å². The van der Waals surface area contributed by atoms with Crippen molar-refractivity contribution in [2.45, 2.75) is 51.7 Å². The van der Waals surface area contributed by atoms with Gasteiger partial charge in [-0.3, -0.25) is 4.79 Å². The van der Waals surface area contributed by atoms with Crippen LogP contribution in [0.3, 0.4) is 0 Å². The summed E-state index contributed by atoms with van der Waals surface area (Å²) in [5, 5.41) is 3.31. The predicted octanol–water partition coefficient (Wildman–Crippen LogP) is 3.84. The Kier molecular flexibility index (Phi) is 5.48. The standard InChI is InChI=1S/C16H23ClN2O2/c1-10-4-3-5-13(8-10)21-11(2)16(20)19-15-9-12(17)6-7-14(15)18/h6-7,9-11,13H,3-5,8,18H2,1-2H3,(H,19,20). The molecule has 1 amide bonds. The molecule has 21 heavy (non-hydrogen) atoms. The topological polar surface area (TPSA) is 64.3 Å². The maximum absolute atomic E-state index is 12.2. The zero-order chi connectivity index (χ0) is 15.4. The monoisotopic (exact) mass is 310 g/mol. The van der Waals surface area contributed by atoms with Crippen LogP contribution >= 0.6 is 11.6 Å². The number of amides is 1. The number of nitrogens with one attached hydrogen (secondary N) is 1. The van der Waals surface area contributed by atoms with Gasteiger partial charge < -0.3 is 15.8 Å². The first-order valence-corrected chi connectivity index (χ1v) is 7.85. The number of benzene rings is 1. The third-order valence-corrected chi connectivity index (χ3v) is 4.16. The lowest BCUT2D eigenvalue weighted by molar-refractivity contribution is -0.131. The van der Waals surface area contributed by atoms with Gasteiger partial charge >= 0.3 is 0 Å². The number of nitrogens with two attached hydrogens (primary N) is 1. The average Bonchev–Trinajstić information content (AvgIpc) is 2.43. The van der Waals surface area contributed by atoms with E-state index in [0.717, 1.165) is 12.8 Å². The fourth-order valence-corrected chi connectivity index (χ4v) is 2.90. The summed E-state index contributed by atoms with van der Waals surface area (Å²) >= 11 is 5.91. The summed E-state index contributed by atoms with van der Waals surface area (Å²) in [4.78, 5) is 12.2. The van der Waals surface area contributed by atoms with Gasteiger partial charge in [-0.05, 0) is 43.9 Å². The third-order valence-electron chi connectivity index (χ3n) is 3.93. The van der Waals surface area contributed by atoms with Gasteiger partial charge in [0.05, 0.1) is 17.5 Å². The SMILES string of the molecule is CC1CCCC(OC(C)C(=O)Nc2cc(Cl)ccc2N)C1. The van der Waals surface area contributed by atoms with Gasteiger partial charge in [0, 0.05) is 5.02 Å². The van der Waals surface area contributed by atoms with Crippen molar-refractivity contribution in [2.75, 3.05) is 11.1 Å². The second kappa shape index (κ2) is 7.14. The van der Waals surface area contributed by atoms with Crippen LogP contribution in [0.25, 0.3) is 0 Å². The van der Waals surface area contributed by atoms with E-state index in [2.05, 4.69) is 12.2 Å². The second-order valence-corrected chi connectivity index (χ2v) is 6.33. The third kappa shape index (κ3) is 4.61. The molecule has 0 radical (unpaired) electrons. The molecular weight excluding hydrogens is 288 g/mol. The van der Waals surface area contributed by atoms with Crippen molar-refractivity contribution in [3.63, 3.8) is 0 Å². The smallest absolute Gasteiger partial charge is 0.253 e. The Morgan fingerprint density at radius 2 is 2.24 bits per heavy atom. The minimum absolute atomic E-state index is 0.172. The van der Waals surface area contributed by atoms with Gasteiger partial charge in [0.25, 0.3) is 5.91 Å². The minimum Gasteiger partial charge on any atom is -0.397 e. The molecule has 1 aromatic rings. The molecule has 1 aliphatic rings. The van der Waals surface area contributed by atoms with Gasteiger partial charge in [-0.2, -0.15) is 0 Å². The zero-order valence-corrected chi connectivity index (χ0v) is 13.3. The number of hydrogen-bond acceptors (Lipinski definition) is 3. The van der Waals surface area contributed by atoms with Crippen LogP contribution in [-0.4, -0.2) is 18.1 Å². The maximum Gasteiger partial charge on any atom is 0.253 e. The quantitative estimate of drug-likeness (QED) is 0.830. The van der Waals surface area contributed by atoms with E-state index in [9.17, 15) is 4.79 Å². The Balaban J connectivity index is 1.91. The van der Waals surface area contributed by atoms with E-state index < -0.39 is 6.10 Å². The molecule has 4 nitrogen and oxygen atoms in total. The average molecular weight is 311 g/mol. The van der Waals surface area contributed by atoms with Crippen LogP contribution in [0.2, 0.25) is 5.02 Å². The van der Waals surface area contributed by atoms with Crippen LogP contribution in [0.15, 0.2) is 18.2 Å². The number of nitrogen functional groups attached to an aromatic ring is 1. The lowest BCUT2D eigenvalue weighted by atomic mass is 9.88. The molecule has 0 bridgehead atoms. The van der Waals surface area contributed by atoms with Crippen molar-refractivity contribution >= 4 is 28.9 Å². The number of hydrogen-bond donors (Lipinski definition) is 2. The van der Waals surface area contributed by atoms with Crippen LogP contribution in [0.4, 0.5) is 11.4 Å². The summed E-state index contributed by atoms with van der Waals surface area (Å²) in [6.45, 7) is 4.00. The zero-order valence-electron chi connectivity index (χ0n) is 12.6. The highest BCUT2D eigenvalue weighted by Gasteiger charge is 2.24. The van der Waals surface area contributed by atoms with Gasteiger partial charge in [0.1, 0.15) is 6.10 Å². The van der Waals surface area contributed by atoms with E-state index in [1.54, 1.807) is 25.1 Å². The first-order valence-electron chi connectivity index (χ1n) is 7.47. The summed E-state index contributed by atoms with van der Waals surface area (Å²) in [7, 11) is 0. The first-order chi connectivity index (χ1) is 9.95. The Bertz CT molecular complexity index is 507. The summed E-state index contributed by atoms with van der Waals surface area (Å²) in [5.74, 6) is 0.477. The van der Waals surface area contributed by atoms with Crippen LogP contribution in [-0.2, 0) is 9.53 Å². The lowest BCUT2D eigenvalue weighted by Crippen LogP contribution is -2.33. The first kappa shape index (κ1) is 16.1. The summed E-state index contributed by atoms with van der Waals surface area (Å²) in [6, 6.07) is 5.01. The van der Waals surface area contributed by atoms with Gasteiger partial charge in [-0.25, -0.2) is 0 Å². The van der Waals surface area contributed by atoms with Crippen molar-refractivity contribution in [2.24, 2.45) is 5.92 Å². The molecule has 0 aromatic heterocycles. The van der Waals surface area contributed by atoms with Gasteiger partial charge in [0.2, 0.25) is 0 Å². The number of halogens is 1. The molecular formula is C16H23ClN2O2. The Morgan fingerprint density at radius 1 is 1.48 bits per heavy atom. The molecule has 2 rings (SSSR count). The highest BCUT2D eigenvalue weighted by Crippen LogP contribution is 2.27. The van der Waals surface area contributed by atoms with Crippen LogP contribution in [0.1, 0.15) is 39.5 Å². The summed E-state index contributed by atoms with van der Waals surface area (Å²) in [6.07, 6.45) is 4.14. The van der Waals surface area contributed by atoms with E-state index in [0.29, 0.717) is 22.3 Å². The van der Waals surface area contributed by atoms with Crippen molar-refractivity contribution in [1.82, 2.24) is 0 Å². The molecule has 0 spiro atoms. The van der Waals surface area contributed by atoms with Crippen molar-refractivity contribution in [3.8, 4) is 0 Å². The molecule has 0 aliphatic heterocycles. The molecule has 1 saturated carbocycles. The molecule has 1 fully saturated rings. The summed E-state index contributed by atoms with van der Waals surface area (Å²) < 4.78 is 5.88. The van der Waals surface area contributed by atoms with Crippen LogP contribution in [0, 0.1) is 5.92 Å². The highest BCUT2D eigenvalue weighted by molar-refractivity contribution is 6.31. The van der Waals surface area contributed by atoms with E-state index in [4.69, 9.17) is 22.1 Å². The molecule has 1 aromatic carbocycles. The normalized spacial score (nSPS) is 23.6. The van der Waals surface area contributed by atoms with E-state index >= 15 is 0 Å². The maximum atomic E-state index is 12.2. The fraction of sp³-hybridized carbons (Fsp3) is 0.562. The molecule has 3 atom stereocenters. The molecule has 116 valence electrons. The molecule has 3 unspecified atom stereocenters.